The molecule has 102 valence electrons. The highest BCUT2D eigenvalue weighted by atomic mass is 19.1. The first-order valence-corrected chi connectivity index (χ1v) is 5.51. The molecule has 0 unspecified atom stereocenters. The standard InChI is InChI=1S/C13H8F2N2O3/c1-2-5-16-9(18)6-17-11-8(15)4-3-7(14)10(11)12(19)13(17)20/h1,3-4H,5-6H2,(H,16,18). The normalized spacial score (nSPS) is 13.2. The van der Waals surface area contributed by atoms with E-state index in [2.05, 4.69) is 11.2 Å². The van der Waals surface area contributed by atoms with Crippen LogP contribution in [-0.4, -0.2) is 30.7 Å². The monoisotopic (exact) mass is 278 g/mol. The topological polar surface area (TPSA) is 66.5 Å². The van der Waals surface area contributed by atoms with Crippen LogP contribution in [0.3, 0.4) is 0 Å². The Morgan fingerprint density at radius 3 is 2.60 bits per heavy atom. The van der Waals surface area contributed by atoms with Crippen molar-refractivity contribution in [2.24, 2.45) is 0 Å². The minimum atomic E-state index is -1.18. The number of benzene rings is 1. The minimum absolute atomic E-state index is 0.0761. The van der Waals surface area contributed by atoms with E-state index in [0.717, 1.165) is 12.1 Å². The molecule has 2 rings (SSSR count). The zero-order valence-corrected chi connectivity index (χ0v) is 10.1. The molecule has 5 nitrogen and oxygen atoms in total. The molecular formula is C13H8F2N2O3. The Balaban J connectivity index is 2.36. The van der Waals surface area contributed by atoms with Crippen molar-refractivity contribution < 1.29 is 23.2 Å². The van der Waals surface area contributed by atoms with Gasteiger partial charge in [-0.3, -0.25) is 19.3 Å². The Bertz CT molecular complexity index is 664. The van der Waals surface area contributed by atoms with Crippen LogP contribution in [-0.2, 0) is 9.59 Å². The van der Waals surface area contributed by atoms with Gasteiger partial charge in [0.1, 0.15) is 18.2 Å². The molecule has 1 aliphatic heterocycles. The van der Waals surface area contributed by atoms with Crippen LogP contribution in [0.4, 0.5) is 14.5 Å². The van der Waals surface area contributed by atoms with Gasteiger partial charge in [-0.1, -0.05) is 5.92 Å². The number of hydrogen-bond donors (Lipinski definition) is 1. The van der Waals surface area contributed by atoms with Crippen molar-refractivity contribution in [3.63, 3.8) is 0 Å². The van der Waals surface area contributed by atoms with Crippen LogP contribution in [0.1, 0.15) is 10.4 Å². The molecule has 1 aromatic rings. The number of terminal acetylenes is 1. The lowest BCUT2D eigenvalue weighted by Crippen LogP contribution is -2.40. The highest BCUT2D eigenvalue weighted by Crippen LogP contribution is 2.33. The maximum atomic E-state index is 13.7. The van der Waals surface area contributed by atoms with E-state index in [1.54, 1.807) is 0 Å². The number of nitrogens with one attached hydrogen (secondary N) is 1. The van der Waals surface area contributed by atoms with Gasteiger partial charge >= 0.3 is 0 Å². The summed E-state index contributed by atoms with van der Waals surface area (Å²) in [6, 6.07) is 1.54. The van der Waals surface area contributed by atoms with Crippen LogP contribution in [0, 0.1) is 24.0 Å². The number of amides is 2. The number of nitrogens with zero attached hydrogens (tertiary/aromatic N) is 1. The second-order valence-electron chi connectivity index (χ2n) is 3.95. The summed E-state index contributed by atoms with van der Waals surface area (Å²) in [6.45, 7) is -0.688. The summed E-state index contributed by atoms with van der Waals surface area (Å²) in [5, 5.41) is 2.26. The highest BCUT2D eigenvalue weighted by Gasteiger charge is 2.41. The number of carbonyl (C=O) groups is 3. The summed E-state index contributed by atoms with van der Waals surface area (Å²) >= 11 is 0. The van der Waals surface area contributed by atoms with Crippen LogP contribution in [0.25, 0.3) is 0 Å². The lowest BCUT2D eigenvalue weighted by atomic mass is 10.1. The third-order valence-electron chi connectivity index (χ3n) is 2.70. The summed E-state index contributed by atoms with van der Waals surface area (Å²) in [4.78, 5) is 35.4. The molecule has 1 aliphatic rings. The quantitative estimate of drug-likeness (QED) is 0.636. The van der Waals surface area contributed by atoms with Crippen molar-refractivity contribution in [1.29, 1.82) is 0 Å². The smallest absolute Gasteiger partial charge is 0.300 e. The fourth-order valence-corrected chi connectivity index (χ4v) is 1.85. The molecule has 0 aromatic heterocycles. The maximum absolute atomic E-state index is 13.7. The zero-order valence-electron chi connectivity index (χ0n) is 10.1. The van der Waals surface area contributed by atoms with E-state index in [-0.39, 0.29) is 6.54 Å². The molecule has 0 aliphatic carbocycles. The van der Waals surface area contributed by atoms with Gasteiger partial charge < -0.3 is 5.32 Å². The average molecular weight is 278 g/mol. The predicted octanol–water partition coefficient (Wildman–Crippen LogP) is 0.243. The molecule has 2 amide bonds. The highest BCUT2D eigenvalue weighted by molar-refractivity contribution is 6.52. The Kier molecular flexibility index (Phi) is 3.48. The number of anilines is 1. The molecule has 0 spiro atoms. The van der Waals surface area contributed by atoms with Crippen molar-refractivity contribution in [2.75, 3.05) is 18.0 Å². The van der Waals surface area contributed by atoms with E-state index in [4.69, 9.17) is 6.42 Å². The van der Waals surface area contributed by atoms with E-state index in [1.165, 1.54) is 0 Å². The van der Waals surface area contributed by atoms with Gasteiger partial charge in [-0.05, 0) is 12.1 Å². The van der Waals surface area contributed by atoms with Gasteiger partial charge in [0.25, 0.3) is 11.7 Å². The number of halogens is 2. The van der Waals surface area contributed by atoms with Crippen LogP contribution >= 0.6 is 0 Å². The molecule has 0 atom stereocenters. The van der Waals surface area contributed by atoms with Gasteiger partial charge in [-0.15, -0.1) is 6.42 Å². The summed E-state index contributed by atoms with van der Waals surface area (Å²) < 4.78 is 27.2. The SMILES string of the molecule is C#CCNC(=O)CN1C(=O)C(=O)c2c(F)ccc(F)c21. The van der Waals surface area contributed by atoms with Gasteiger partial charge in [-0.2, -0.15) is 0 Å². The number of ketones is 1. The second-order valence-corrected chi connectivity index (χ2v) is 3.95. The molecule has 0 bridgehead atoms. The van der Waals surface area contributed by atoms with Crippen molar-refractivity contribution in [1.82, 2.24) is 5.32 Å². The van der Waals surface area contributed by atoms with Crippen molar-refractivity contribution in [3.8, 4) is 12.3 Å². The lowest BCUT2D eigenvalue weighted by molar-refractivity contribution is -0.121. The van der Waals surface area contributed by atoms with Crippen LogP contribution in [0.5, 0.6) is 0 Å². The number of carbonyl (C=O) groups excluding carboxylic acids is 3. The predicted molar refractivity (Wildman–Crippen MR) is 64.9 cm³/mol. The first kappa shape index (κ1) is 13.7. The largest absolute Gasteiger partial charge is 0.344 e. The van der Waals surface area contributed by atoms with E-state index < -0.39 is 47.0 Å². The summed E-state index contributed by atoms with van der Waals surface area (Å²) in [7, 11) is 0. The lowest BCUT2D eigenvalue weighted by Gasteiger charge is -2.16. The Morgan fingerprint density at radius 1 is 1.30 bits per heavy atom. The van der Waals surface area contributed by atoms with E-state index in [1.807, 2.05) is 0 Å². The number of rotatable bonds is 3. The van der Waals surface area contributed by atoms with Gasteiger partial charge in [0.2, 0.25) is 5.91 Å². The number of hydrogen-bond acceptors (Lipinski definition) is 3. The first-order valence-electron chi connectivity index (χ1n) is 5.51. The van der Waals surface area contributed by atoms with Crippen LogP contribution < -0.4 is 10.2 Å². The molecule has 0 fully saturated rings. The van der Waals surface area contributed by atoms with Gasteiger partial charge in [-0.25, -0.2) is 8.78 Å². The molecule has 0 radical (unpaired) electrons. The van der Waals surface area contributed by atoms with E-state index in [0.29, 0.717) is 4.90 Å². The molecule has 1 heterocycles. The van der Waals surface area contributed by atoms with Crippen LogP contribution in [0.2, 0.25) is 0 Å². The molecular weight excluding hydrogens is 270 g/mol. The van der Waals surface area contributed by atoms with E-state index in [9.17, 15) is 23.2 Å². The fourth-order valence-electron chi connectivity index (χ4n) is 1.85. The third-order valence-corrected chi connectivity index (χ3v) is 2.70. The van der Waals surface area contributed by atoms with Crippen molar-refractivity contribution in [3.05, 3.63) is 29.3 Å². The Morgan fingerprint density at radius 2 is 1.95 bits per heavy atom. The molecule has 0 saturated carbocycles. The van der Waals surface area contributed by atoms with Gasteiger partial charge in [0.05, 0.1) is 17.8 Å². The third kappa shape index (κ3) is 2.12. The Hall–Kier alpha value is -2.75. The molecule has 1 aromatic carbocycles. The van der Waals surface area contributed by atoms with Crippen molar-refractivity contribution in [2.45, 2.75) is 0 Å². The molecule has 7 heteroatoms. The summed E-state index contributed by atoms with van der Waals surface area (Å²) in [6.07, 6.45) is 4.95. The van der Waals surface area contributed by atoms with Gasteiger partial charge in [0.15, 0.2) is 0 Å². The number of Topliss-reactive ketones (excluding diaryl/α,β-unsaturated/α-hetero) is 1. The molecule has 0 saturated heterocycles. The zero-order chi connectivity index (χ0) is 14.9. The average Bonchev–Trinajstić information content (AvgIpc) is 2.67. The maximum Gasteiger partial charge on any atom is 0.300 e. The number of fused-ring (bicyclic) bond motifs is 1. The van der Waals surface area contributed by atoms with Crippen LogP contribution in [0.15, 0.2) is 12.1 Å². The summed E-state index contributed by atoms with van der Waals surface area (Å²) in [5.74, 6) is -2.83. The van der Waals surface area contributed by atoms with Gasteiger partial charge in [0, 0.05) is 0 Å². The van der Waals surface area contributed by atoms with E-state index >= 15 is 0 Å². The summed E-state index contributed by atoms with van der Waals surface area (Å²) in [5.41, 5.74) is -1.17. The Labute approximate surface area is 112 Å². The molecule has 20 heavy (non-hydrogen) atoms. The van der Waals surface area contributed by atoms with Crippen molar-refractivity contribution >= 4 is 23.3 Å². The molecule has 1 N–H and O–H groups in total. The fraction of sp³-hybridized carbons (Fsp3) is 0.154. The minimum Gasteiger partial charge on any atom is -0.344 e. The first-order chi connectivity index (χ1) is 9.47. The second kappa shape index (κ2) is 5.09.